The van der Waals surface area contributed by atoms with E-state index in [-0.39, 0.29) is 11.8 Å². The number of carbonyl (C=O) groups is 1. The third-order valence-corrected chi connectivity index (χ3v) is 4.62. The van der Waals surface area contributed by atoms with E-state index >= 15 is 0 Å². The van der Waals surface area contributed by atoms with Crippen LogP contribution in [0.2, 0.25) is 0 Å². The van der Waals surface area contributed by atoms with Crippen molar-refractivity contribution >= 4 is 27.5 Å². The predicted molar refractivity (Wildman–Crippen MR) is 68.6 cm³/mol. The number of nitrogens with one attached hydrogen (secondary N) is 1. The average molecular weight is 296 g/mol. The number of hydrogen-bond donors (Lipinski definition) is 2. The molecule has 1 fully saturated rings. The van der Waals surface area contributed by atoms with E-state index in [1.165, 1.54) is 0 Å². The maximum absolute atomic E-state index is 12.1. The van der Waals surface area contributed by atoms with E-state index in [0.717, 1.165) is 41.4 Å². The minimum absolute atomic E-state index is 0.0537. The largest absolute Gasteiger partial charge is 0.375 e. The second kappa shape index (κ2) is 3.82. The Morgan fingerprint density at radius 1 is 1.35 bits per heavy atom. The zero-order chi connectivity index (χ0) is 12.0. The highest BCUT2D eigenvalue weighted by molar-refractivity contribution is 9.10. The molecule has 1 aliphatic carbocycles. The molecule has 17 heavy (non-hydrogen) atoms. The van der Waals surface area contributed by atoms with Gasteiger partial charge in [-0.1, -0.05) is 25.0 Å². The second-order valence-electron chi connectivity index (χ2n) is 4.86. The van der Waals surface area contributed by atoms with Crippen LogP contribution in [0.4, 0.5) is 5.69 Å². The zero-order valence-corrected chi connectivity index (χ0v) is 11.0. The molecule has 2 aliphatic rings. The Balaban J connectivity index is 2.12. The van der Waals surface area contributed by atoms with Crippen LogP contribution in [0, 0.1) is 5.92 Å². The zero-order valence-electron chi connectivity index (χ0n) is 9.37. The molecule has 0 aromatic heterocycles. The van der Waals surface area contributed by atoms with Crippen LogP contribution in [0.5, 0.6) is 0 Å². The lowest BCUT2D eigenvalue weighted by molar-refractivity contribution is -0.139. The van der Waals surface area contributed by atoms with Gasteiger partial charge in [0, 0.05) is 16.0 Å². The summed E-state index contributed by atoms with van der Waals surface area (Å²) in [6.45, 7) is 0. The van der Waals surface area contributed by atoms with E-state index in [4.69, 9.17) is 0 Å². The van der Waals surface area contributed by atoms with Crippen molar-refractivity contribution in [2.45, 2.75) is 31.3 Å². The molecule has 3 nitrogen and oxygen atoms in total. The molecular formula is C13H14BrNO2. The predicted octanol–water partition coefficient (Wildman–Crippen LogP) is 2.78. The van der Waals surface area contributed by atoms with E-state index in [9.17, 15) is 9.90 Å². The molecule has 1 unspecified atom stereocenters. The first-order chi connectivity index (χ1) is 8.14. The average Bonchev–Trinajstić information content (AvgIpc) is 2.91. The van der Waals surface area contributed by atoms with Crippen molar-refractivity contribution in [2.75, 3.05) is 5.32 Å². The highest BCUT2D eigenvalue weighted by atomic mass is 79.9. The molecule has 4 heteroatoms. The summed E-state index contributed by atoms with van der Waals surface area (Å²) in [5, 5.41) is 13.6. The summed E-state index contributed by atoms with van der Waals surface area (Å²) in [6, 6.07) is 5.58. The molecule has 0 spiro atoms. The van der Waals surface area contributed by atoms with Crippen LogP contribution >= 0.6 is 15.9 Å². The second-order valence-corrected chi connectivity index (χ2v) is 5.72. The summed E-state index contributed by atoms with van der Waals surface area (Å²) in [4.78, 5) is 12.1. The molecule has 1 aromatic rings. The number of benzene rings is 1. The number of aliphatic hydroxyl groups is 1. The third-order valence-electron chi connectivity index (χ3n) is 3.95. The normalized spacial score (nSPS) is 28.2. The fourth-order valence-corrected chi connectivity index (χ4v) is 3.51. The lowest BCUT2D eigenvalue weighted by atomic mass is 9.81. The van der Waals surface area contributed by atoms with Crippen LogP contribution in [0.15, 0.2) is 22.7 Å². The van der Waals surface area contributed by atoms with Crippen molar-refractivity contribution in [3.8, 4) is 0 Å². The van der Waals surface area contributed by atoms with Gasteiger partial charge in [-0.25, -0.2) is 0 Å². The molecule has 1 saturated carbocycles. The number of amides is 1. The Morgan fingerprint density at radius 3 is 2.76 bits per heavy atom. The van der Waals surface area contributed by atoms with Gasteiger partial charge in [0.2, 0.25) is 0 Å². The molecule has 2 N–H and O–H groups in total. The minimum atomic E-state index is -1.32. The fraction of sp³-hybridized carbons (Fsp3) is 0.462. The van der Waals surface area contributed by atoms with E-state index in [0.29, 0.717) is 0 Å². The topological polar surface area (TPSA) is 49.3 Å². The molecular weight excluding hydrogens is 282 g/mol. The van der Waals surface area contributed by atoms with Gasteiger partial charge in [0.15, 0.2) is 5.60 Å². The third kappa shape index (κ3) is 1.47. The van der Waals surface area contributed by atoms with Gasteiger partial charge in [-0.15, -0.1) is 0 Å². The van der Waals surface area contributed by atoms with E-state index in [2.05, 4.69) is 21.2 Å². The van der Waals surface area contributed by atoms with Crippen LogP contribution in [0.25, 0.3) is 0 Å². The maximum atomic E-state index is 12.1. The van der Waals surface area contributed by atoms with Crippen LogP contribution < -0.4 is 5.32 Å². The lowest BCUT2D eigenvalue weighted by Gasteiger charge is -2.27. The SMILES string of the molecule is O=C1Nc2c(Br)cccc2C1(O)C1CCCC1. The number of carbonyl (C=O) groups excluding carboxylic acids is 1. The summed E-state index contributed by atoms with van der Waals surface area (Å²) in [5.41, 5.74) is 0.131. The van der Waals surface area contributed by atoms with Gasteiger partial charge in [0.1, 0.15) is 0 Å². The number of hydrogen-bond acceptors (Lipinski definition) is 2. The van der Waals surface area contributed by atoms with Gasteiger partial charge >= 0.3 is 0 Å². The number of fused-ring (bicyclic) bond motifs is 1. The number of anilines is 1. The van der Waals surface area contributed by atoms with Crippen molar-refractivity contribution < 1.29 is 9.90 Å². The van der Waals surface area contributed by atoms with Gasteiger partial charge in [-0.05, 0) is 34.8 Å². The summed E-state index contributed by atoms with van der Waals surface area (Å²) in [6.07, 6.45) is 4.05. The minimum Gasteiger partial charge on any atom is -0.375 e. The Hall–Kier alpha value is -0.870. The van der Waals surface area contributed by atoms with Crippen molar-refractivity contribution in [1.29, 1.82) is 0 Å². The first kappa shape index (κ1) is 11.2. The van der Waals surface area contributed by atoms with E-state index < -0.39 is 5.60 Å². The molecule has 0 bridgehead atoms. The quantitative estimate of drug-likeness (QED) is 0.837. The Bertz CT molecular complexity index is 482. The summed E-state index contributed by atoms with van der Waals surface area (Å²) >= 11 is 3.41. The van der Waals surface area contributed by atoms with Crippen LogP contribution in [-0.2, 0) is 10.4 Å². The lowest BCUT2D eigenvalue weighted by Crippen LogP contribution is -2.40. The number of rotatable bonds is 1. The molecule has 0 saturated heterocycles. The monoisotopic (exact) mass is 295 g/mol. The first-order valence-electron chi connectivity index (χ1n) is 5.97. The molecule has 0 radical (unpaired) electrons. The van der Waals surface area contributed by atoms with E-state index in [1.807, 2.05) is 18.2 Å². The molecule has 1 amide bonds. The summed E-state index contributed by atoms with van der Waals surface area (Å²) < 4.78 is 0.831. The van der Waals surface area contributed by atoms with Crippen LogP contribution in [0.3, 0.4) is 0 Å². The van der Waals surface area contributed by atoms with Gasteiger partial charge in [-0.2, -0.15) is 0 Å². The highest BCUT2D eigenvalue weighted by Crippen LogP contribution is 2.48. The summed E-state index contributed by atoms with van der Waals surface area (Å²) in [7, 11) is 0. The van der Waals surface area contributed by atoms with Crippen molar-refractivity contribution in [1.82, 2.24) is 0 Å². The van der Waals surface area contributed by atoms with Crippen LogP contribution in [0.1, 0.15) is 31.2 Å². The Labute approximate surface area is 108 Å². The molecule has 1 atom stereocenters. The van der Waals surface area contributed by atoms with Gasteiger partial charge < -0.3 is 10.4 Å². The maximum Gasteiger partial charge on any atom is 0.261 e. The number of halogens is 1. The molecule has 1 aromatic carbocycles. The summed E-state index contributed by atoms with van der Waals surface area (Å²) in [5.74, 6) is -0.218. The molecule has 1 heterocycles. The Kier molecular flexibility index (Phi) is 2.52. The van der Waals surface area contributed by atoms with E-state index in [1.54, 1.807) is 0 Å². The van der Waals surface area contributed by atoms with Gasteiger partial charge in [-0.3, -0.25) is 4.79 Å². The van der Waals surface area contributed by atoms with Crippen molar-refractivity contribution in [3.63, 3.8) is 0 Å². The van der Waals surface area contributed by atoms with Gasteiger partial charge in [0.25, 0.3) is 5.91 Å². The first-order valence-corrected chi connectivity index (χ1v) is 6.76. The number of para-hydroxylation sites is 1. The fourth-order valence-electron chi connectivity index (χ4n) is 3.05. The highest BCUT2D eigenvalue weighted by Gasteiger charge is 2.51. The van der Waals surface area contributed by atoms with Crippen molar-refractivity contribution in [3.05, 3.63) is 28.2 Å². The smallest absolute Gasteiger partial charge is 0.261 e. The molecule has 3 rings (SSSR count). The molecule has 90 valence electrons. The molecule has 1 aliphatic heterocycles. The standard InChI is InChI=1S/C13H14BrNO2/c14-10-7-3-6-9-11(10)15-12(16)13(9,17)8-4-1-2-5-8/h3,6-8,17H,1-2,4-5H2,(H,15,16). The van der Waals surface area contributed by atoms with Crippen molar-refractivity contribution in [2.24, 2.45) is 5.92 Å². The van der Waals surface area contributed by atoms with Crippen LogP contribution in [-0.4, -0.2) is 11.0 Å². The van der Waals surface area contributed by atoms with Gasteiger partial charge in [0.05, 0.1) is 5.69 Å². The Morgan fingerprint density at radius 2 is 2.06 bits per heavy atom.